The van der Waals surface area contributed by atoms with Gasteiger partial charge in [0, 0.05) is 39.6 Å². The minimum Gasteiger partial charge on any atom is -0.491 e. The molecule has 0 N–H and O–H groups in total. The van der Waals surface area contributed by atoms with Crippen molar-refractivity contribution in [2.75, 3.05) is 97.5 Å². The lowest BCUT2D eigenvalue weighted by molar-refractivity contribution is -0.00347. The fraction of sp³-hybridized carbons (Fsp3) is 0.441. The highest BCUT2D eigenvalue weighted by atomic mass is 16.6. The van der Waals surface area contributed by atoms with Crippen molar-refractivity contribution in [3.63, 3.8) is 0 Å². The normalized spacial score (nSPS) is 15.9. The Balaban J connectivity index is 1.74. The van der Waals surface area contributed by atoms with Crippen molar-refractivity contribution in [3.8, 4) is 11.8 Å². The van der Waals surface area contributed by atoms with Gasteiger partial charge >= 0.3 is 0 Å². The van der Waals surface area contributed by atoms with Gasteiger partial charge in [-0.15, -0.1) is 0 Å². The summed E-state index contributed by atoms with van der Waals surface area (Å²) < 4.78 is 28.9. The summed E-state index contributed by atoms with van der Waals surface area (Å²) in [5.74, 6) is 0.728. The molecule has 0 radical (unpaired) electrons. The number of anilines is 2. The second kappa shape index (κ2) is 15.6. The first kappa shape index (κ1) is 31.3. The number of benzene rings is 3. The molecule has 0 amide bonds. The highest BCUT2D eigenvalue weighted by Crippen LogP contribution is 2.41. The van der Waals surface area contributed by atoms with Crippen molar-refractivity contribution >= 4 is 11.4 Å². The summed E-state index contributed by atoms with van der Waals surface area (Å²) in [6.45, 7) is 4.45. The lowest BCUT2D eigenvalue weighted by Gasteiger charge is -2.30. The average Bonchev–Trinajstić information content (AvgIpc) is 3.01. The fourth-order valence-electron chi connectivity index (χ4n) is 5.00. The van der Waals surface area contributed by atoms with Crippen LogP contribution in [0.2, 0.25) is 0 Å². The van der Waals surface area contributed by atoms with Crippen LogP contribution in [0.25, 0.3) is 0 Å². The van der Waals surface area contributed by atoms with Gasteiger partial charge in [0.15, 0.2) is 0 Å². The van der Waals surface area contributed by atoms with E-state index in [2.05, 4.69) is 46.2 Å². The van der Waals surface area contributed by atoms with Crippen LogP contribution in [0, 0.1) is 11.3 Å². The summed E-state index contributed by atoms with van der Waals surface area (Å²) in [7, 11) is 8.04. The molecule has 224 valence electrons. The molecule has 4 rings (SSSR count). The van der Waals surface area contributed by atoms with Crippen LogP contribution in [0.5, 0.6) is 5.75 Å². The van der Waals surface area contributed by atoms with E-state index in [1.165, 1.54) is 0 Å². The maximum absolute atomic E-state index is 11.0. The van der Waals surface area contributed by atoms with Crippen LogP contribution in [0.1, 0.15) is 22.3 Å². The Morgan fingerprint density at radius 3 is 1.45 bits per heavy atom. The number of hydrogen-bond acceptors (Lipinski definition) is 8. The van der Waals surface area contributed by atoms with Crippen molar-refractivity contribution in [3.05, 3.63) is 89.0 Å². The Morgan fingerprint density at radius 2 is 1.00 bits per heavy atom. The Kier molecular flexibility index (Phi) is 11.6. The second-order valence-corrected chi connectivity index (χ2v) is 10.6. The lowest BCUT2D eigenvalue weighted by Crippen LogP contribution is -2.28. The SMILES string of the molecule is CN(C)c1ccc(C(C#N)(c2ccc(N(C)C)cc2)c2ccc3c(c2)OCCOCCOCCOCCOCC3)cc1. The van der Waals surface area contributed by atoms with Gasteiger partial charge in [0.1, 0.15) is 17.8 Å². The fourth-order valence-corrected chi connectivity index (χ4v) is 5.00. The lowest BCUT2D eigenvalue weighted by atomic mass is 9.70. The van der Waals surface area contributed by atoms with Crippen molar-refractivity contribution in [2.45, 2.75) is 11.8 Å². The molecule has 3 aromatic rings. The number of hydrogen-bond donors (Lipinski definition) is 0. The van der Waals surface area contributed by atoms with E-state index in [-0.39, 0.29) is 0 Å². The third-order valence-corrected chi connectivity index (χ3v) is 7.42. The Bertz CT molecular complexity index is 1230. The molecule has 0 atom stereocenters. The molecule has 1 aliphatic rings. The van der Waals surface area contributed by atoms with E-state index in [1.807, 2.05) is 64.6 Å². The van der Waals surface area contributed by atoms with E-state index >= 15 is 0 Å². The molecule has 0 aromatic heterocycles. The largest absolute Gasteiger partial charge is 0.491 e. The van der Waals surface area contributed by atoms with Gasteiger partial charge in [-0.05, 0) is 59.0 Å². The van der Waals surface area contributed by atoms with Gasteiger partial charge in [-0.2, -0.15) is 5.26 Å². The summed E-state index contributed by atoms with van der Waals surface area (Å²) in [6.07, 6.45) is 0.675. The van der Waals surface area contributed by atoms with Crippen LogP contribution < -0.4 is 14.5 Å². The van der Waals surface area contributed by atoms with Crippen molar-refractivity contribution in [1.29, 1.82) is 5.26 Å². The third-order valence-electron chi connectivity index (χ3n) is 7.42. The number of ether oxygens (including phenoxy) is 5. The highest BCUT2D eigenvalue weighted by molar-refractivity contribution is 5.62. The van der Waals surface area contributed by atoms with E-state index < -0.39 is 5.41 Å². The average molecular weight is 574 g/mol. The zero-order chi connectivity index (χ0) is 29.8. The zero-order valence-corrected chi connectivity index (χ0v) is 25.3. The summed E-state index contributed by atoms with van der Waals surface area (Å²) >= 11 is 0. The number of nitriles is 1. The van der Waals surface area contributed by atoms with Crippen LogP contribution in [-0.4, -0.2) is 87.7 Å². The molecule has 0 aliphatic carbocycles. The summed E-state index contributed by atoms with van der Waals surface area (Å²) in [6, 6.07) is 25.2. The molecule has 0 bridgehead atoms. The first-order valence-electron chi connectivity index (χ1n) is 14.5. The van der Waals surface area contributed by atoms with E-state index in [0.29, 0.717) is 65.9 Å². The molecule has 0 saturated carbocycles. The van der Waals surface area contributed by atoms with Crippen LogP contribution in [0.4, 0.5) is 11.4 Å². The molecular weight excluding hydrogens is 530 g/mol. The zero-order valence-electron chi connectivity index (χ0n) is 25.3. The Morgan fingerprint density at radius 1 is 0.571 bits per heavy atom. The molecule has 1 aliphatic heterocycles. The molecule has 0 saturated heterocycles. The Hall–Kier alpha value is -3.61. The van der Waals surface area contributed by atoms with Crippen molar-refractivity contribution < 1.29 is 23.7 Å². The maximum atomic E-state index is 11.0. The van der Waals surface area contributed by atoms with Gasteiger partial charge in [-0.1, -0.05) is 36.4 Å². The molecule has 0 unspecified atom stereocenters. The third kappa shape index (κ3) is 7.81. The molecule has 8 nitrogen and oxygen atoms in total. The van der Waals surface area contributed by atoms with E-state index in [0.717, 1.165) is 39.4 Å². The summed E-state index contributed by atoms with van der Waals surface area (Å²) in [5.41, 5.74) is 4.73. The van der Waals surface area contributed by atoms with Gasteiger partial charge in [-0.3, -0.25) is 0 Å². The Labute approximate surface area is 250 Å². The number of nitrogens with zero attached hydrogens (tertiary/aromatic N) is 3. The summed E-state index contributed by atoms with van der Waals surface area (Å²) in [4.78, 5) is 4.11. The standard InChI is InChI=1S/C34H43N3O5/c1-36(2)31-11-7-28(8-12-31)34(26-35,29-9-13-32(14-10-29)37(3)4)30-6-5-27-15-16-38-17-18-39-19-20-40-21-22-41-23-24-42-33(27)25-30/h5-14,25H,15-24H2,1-4H3. The van der Waals surface area contributed by atoms with Gasteiger partial charge in [0.2, 0.25) is 0 Å². The number of rotatable bonds is 5. The molecule has 0 fully saturated rings. The highest BCUT2D eigenvalue weighted by Gasteiger charge is 2.37. The molecule has 3 aromatic carbocycles. The van der Waals surface area contributed by atoms with E-state index in [1.54, 1.807) is 0 Å². The smallest absolute Gasteiger partial charge is 0.132 e. The molecule has 42 heavy (non-hydrogen) atoms. The quantitative estimate of drug-likeness (QED) is 0.408. The van der Waals surface area contributed by atoms with Crippen LogP contribution in [0.15, 0.2) is 66.7 Å². The monoisotopic (exact) mass is 573 g/mol. The second-order valence-electron chi connectivity index (χ2n) is 10.6. The first-order chi connectivity index (χ1) is 20.5. The van der Waals surface area contributed by atoms with Gasteiger partial charge < -0.3 is 33.5 Å². The maximum Gasteiger partial charge on any atom is 0.132 e. The van der Waals surface area contributed by atoms with Crippen molar-refractivity contribution in [2.24, 2.45) is 0 Å². The molecule has 0 spiro atoms. The topological polar surface area (TPSA) is 76.4 Å². The van der Waals surface area contributed by atoms with Gasteiger partial charge in [-0.25, -0.2) is 0 Å². The molecular formula is C34H43N3O5. The predicted octanol–water partition coefficient (Wildman–Crippen LogP) is 4.68. The predicted molar refractivity (Wildman–Crippen MR) is 166 cm³/mol. The van der Waals surface area contributed by atoms with Crippen LogP contribution in [-0.2, 0) is 30.8 Å². The first-order valence-corrected chi connectivity index (χ1v) is 14.5. The van der Waals surface area contributed by atoms with Crippen molar-refractivity contribution in [1.82, 2.24) is 0 Å². The molecule has 1 heterocycles. The minimum atomic E-state index is -1.05. The van der Waals surface area contributed by atoms with Gasteiger partial charge in [0.25, 0.3) is 0 Å². The van der Waals surface area contributed by atoms with Crippen LogP contribution >= 0.6 is 0 Å². The van der Waals surface area contributed by atoms with Crippen LogP contribution in [0.3, 0.4) is 0 Å². The minimum absolute atomic E-state index is 0.384. The van der Waals surface area contributed by atoms with E-state index in [9.17, 15) is 5.26 Å². The summed E-state index contributed by atoms with van der Waals surface area (Å²) in [5, 5.41) is 11.0. The van der Waals surface area contributed by atoms with Gasteiger partial charge in [0.05, 0.1) is 58.9 Å². The van der Waals surface area contributed by atoms with E-state index in [4.69, 9.17) is 23.7 Å². The molecule has 8 heteroatoms. The number of fused-ring (bicyclic) bond motifs is 1.